The van der Waals surface area contributed by atoms with Crippen molar-refractivity contribution in [3.63, 3.8) is 0 Å². The van der Waals surface area contributed by atoms with Crippen LogP contribution in [0, 0.1) is 6.92 Å². The Morgan fingerprint density at radius 2 is 1.69 bits per heavy atom. The van der Waals surface area contributed by atoms with Gasteiger partial charge in [-0.25, -0.2) is 9.78 Å². The minimum Gasteiger partial charge on any atom is -0.478 e. The summed E-state index contributed by atoms with van der Waals surface area (Å²) in [6.45, 7) is 1.19. The van der Waals surface area contributed by atoms with Crippen molar-refractivity contribution in [2.45, 2.75) is 6.92 Å². The lowest BCUT2D eigenvalue weighted by Crippen LogP contribution is -2.34. The fourth-order valence-electron chi connectivity index (χ4n) is 2.94. The maximum absolute atomic E-state index is 12.3. The van der Waals surface area contributed by atoms with Crippen molar-refractivity contribution in [1.29, 1.82) is 0 Å². The second-order valence-electron chi connectivity index (χ2n) is 6.22. The number of aryl methyl sites for hydroxylation is 1. The highest BCUT2D eigenvalue weighted by molar-refractivity contribution is 6.39. The SMILES string of the molecule is Cc1ccc2c(Cl)cc(Cl)c(OCC(=O)ON3C(=O)c4ccccc4C3=O)c2n1. The molecule has 146 valence electrons. The van der Waals surface area contributed by atoms with E-state index in [0.717, 1.165) is 0 Å². The molecule has 0 atom stereocenters. The normalized spacial score (nSPS) is 13.0. The van der Waals surface area contributed by atoms with E-state index in [1.54, 1.807) is 31.2 Å². The number of carbonyl (C=O) groups is 3. The number of ether oxygens (including phenoxy) is 1. The molecule has 0 saturated heterocycles. The van der Waals surface area contributed by atoms with Gasteiger partial charge < -0.3 is 9.57 Å². The average Bonchev–Trinajstić information content (AvgIpc) is 2.93. The molecule has 4 rings (SSSR count). The molecule has 1 aromatic heterocycles. The third-order valence-corrected chi connectivity index (χ3v) is 4.85. The number of pyridine rings is 1. The molecule has 0 bridgehead atoms. The number of halogens is 2. The average molecular weight is 431 g/mol. The van der Waals surface area contributed by atoms with Gasteiger partial charge in [0.05, 0.1) is 21.2 Å². The van der Waals surface area contributed by atoms with Crippen LogP contribution < -0.4 is 4.74 Å². The van der Waals surface area contributed by atoms with Gasteiger partial charge >= 0.3 is 5.97 Å². The van der Waals surface area contributed by atoms with Crippen LogP contribution in [0.5, 0.6) is 5.75 Å². The van der Waals surface area contributed by atoms with E-state index in [1.165, 1.54) is 18.2 Å². The maximum atomic E-state index is 12.3. The van der Waals surface area contributed by atoms with E-state index in [1.807, 2.05) is 0 Å². The van der Waals surface area contributed by atoms with Crippen LogP contribution in [-0.2, 0) is 9.63 Å². The molecular weight excluding hydrogens is 419 g/mol. The zero-order chi connectivity index (χ0) is 20.7. The molecule has 0 unspecified atom stereocenters. The first-order chi connectivity index (χ1) is 13.9. The largest absolute Gasteiger partial charge is 0.478 e. The van der Waals surface area contributed by atoms with E-state index >= 15 is 0 Å². The van der Waals surface area contributed by atoms with Crippen molar-refractivity contribution < 1.29 is 24.0 Å². The van der Waals surface area contributed by atoms with Gasteiger partial charge in [0.2, 0.25) is 0 Å². The third kappa shape index (κ3) is 3.39. The molecule has 29 heavy (non-hydrogen) atoms. The Balaban J connectivity index is 1.52. The number of aromatic nitrogens is 1. The molecule has 9 heteroatoms. The first kappa shape index (κ1) is 19.2. The minimum absolute atomic E-state index is 0.147. The Bertz CT molecular complexity index is 1160. The number of hydrogen-bond donors (Lipinski definition) is 0. The van der Waals surface area contributed by atoms with Crippen LogP contribution in [0.4, 0.5) is 0 Å². The molecule has 0 radical (unpaired) electrons. The summed E-state index contributed by atoms with van der Waals surface area (Å²) in [5.74, 6) is -2.24. The van der Waals surface area contributed by atoms with Gasteiger partial charge in [-0.1, -0.05) is 40.4 Å². The number of hydroxylamine groups is 2. The summed E-state index contributed by atoms with van der Waals surface area (Å²) < 4.78 is 5.50. The standard InChI is InChI=1S/C20H12Cl2N2O5/c1-10-6-7-13-14(21)8-15(22)18(17(13)23-10)28-9-16(25)29-24-19(26)11-4-2-3-5-12(11)20(24)27/h2-8H,9H2,1H3. The van der Waals surface area contributed by atoms with Crippen LogP contribution in [0.1, 0.15) is 26.4 Å². The molecule has 7 nitrogen and oxygen atoms in total. The third-order valence-electron chi connectivity index (χ3n) is 4.26. The highest BCUT2D eigenvalue weighted by atomic mass is 35.5. The van der Waals surface area contributed by atoms with Crippen molar-refractivity contribution in [2.24, 2.45) is 0 Å². The Kier molecular flexibility index (Phi) is 4.86. The molecule has 0 saturated carbocycles. The Hall–Kier alpha value is -3.16. The molecule has 0 aliphatic carbocycles. The molecule has 0 N–H and O–H groups in total. The quantitative estimate of drug-likeness (QED) is 0.581. The van der Waals surface area contributed by atoms with Crippen molar-refractivity contribution in [2.75, 3.05) is 6.61 Å². The Morgan fingerprint density at radius 1 is 1.03 bits per heavy atom. The van der Waals surface area contributed by atoms with Crippen LogP contribution in [0.3, 0.4) is 0 Å². The summed E-state index contributed by atoms with van der Waals surface area (Å²) in [7, 11) is 0. The zero-order valence-electron chi connectivity index (χ0n) is 14.9. The van der Waals surface area contributed by atoms with E-state index in [9.17, 15) is 14.4 Å². The summed E-state index contributed by atoms with van der Waals surface area (Å²) in [6.07, 6.45) is 0. The van der Waals surface area contributed by atoms with Crippen LogP contribution in [-0.4, -0.2) is 34.4 Å². The molecule has 1 aliphatic rings. The van der Waals surface area contributed by atoms with Crippen molar-refractivity contribution in [3.05, 3.63) is 69.3 Å². The van der Waals surface area contributed by atoms with E-state index in [0.29, 0.717) is 26.7 Å². The van der Waals surface area contributed by atoms with Gasteiger partial charge in [-0.3, -0.25) is 9.59 Å². The maximum Gasteiger partial charge on any atom is 0.370 e. The van der Waals surface area contributed by atoms with Crippen molar-refractivity contribution in [1.82, 2.24) is 10.0 Å². The van der Waals surface area contributed by atoms with Gasteiger partial charge in [0.15, 0.2) is 12.4 Å². The first-order valence-electron chi connectivity index (χ1n) is 8.43. The molecule has 3 aromatic rings. The van der Waals surface area contributed by atoms with Gasteiger partial charge in [0, 0.05) is 11.1 Å². The van der Waals surface area contributed by atoms with Gasteiger partial charge in [0.25, 0.3) is 11.8 Å². The van der Waals surface area contributed by atoms with Crippen molar-refractivity contribution >= 4 is 51.9 Å². The van der Waals surface area contributed by atoms with Crippen LogP contribution in [0.15, 0.2) is 42.5 Å². The fraction of sp³-hybridized carbons (Fsp3) is 0.100. The van der Waals surface area contributed by atoms with E-state index < -0.39 is 24.4 Å². The molecule has 2 heterocycles. The lowest BCUT2D eigenvalue weighted by Gasteiger charge is -2.14. The number of hydrogen-bond acceptors (Lipinski definition) is 6. The molecule has 2 amide bonds. The van der Waals surface area contributed by atoms with Gasteiger partial charge in [-0.15, -0.1) is 0 Å². The highest BCUT2D eigenvalue weighted by Crippen LogP contribution is 2.37. The molecule has 1 aliphatic heterocycles. The van der Waals surface area contributed by atoms with Crippen LogP contribution in [0.25, 0.3) is 10.9 Å². The predicted octanol–water partition coefficient (Wildman–Crippen LogP) is 3.98. The van der Waals surface area contributed by atoms with Gasteiger partial charge in [0.1, 0.15) is 5.52 Å². The molecular formula is C20H12Cl2N2O5. The molecule has 0 spiro atoms. The Morgan fingerprint density at radius 3 is 2.34 bits per heavy atom. The number of benzene rings is 2. The van der Waals surface area contributed by atoms with E-state index in [2.05, 4.69) is 4.98 Å². The summed E-state index contributed by atoms with van der Waals surface area (Å²) in [6, 6.07) is 11.2. The second kappa shape index (κ2) is 7.35. The topological polar surface area (TPSA) is 85.8 Å². The fourth-order valence-corrected chi connectivity index (χ4v) is 3.51. The number of fused-ring (bicyclic) bond motifs is 2. The van der Waals surface area contributed by atoms with Gasteiger partial charge in [-0.05, 0) is 37.3 Å². The minimum atomic E-state index is -0.952. The lowest BCUT2D eigenvalue weighted by molar-refractivity contribution is -0.170. The Labute approximate surface area is 174 Å². The van der Waals surface area contributed by atoms with E-state index in [-0.39, 0.29) is 21.9 Å². The number of imide groups is 1. The zero-order valence-corrected chi connectivity index (χ0v) is 16.5. The number of nitrogens with zero attached hydrogens (tertiary/aromatic N) is 2. The number of carbonyl (C=O) groups excluding carboxylic acids is 3. The lowest BCUT2D eigenvalue weighted by atomic mass is 10.1. The summed E-state index contributed by atoms with van der Waals surface area (Å²) in [5, 5.41) is 1.57. The summed E-state index contributed by atoms with van der Waals surface area (Å²) in [4.78, 5) is 46.0. The molecule has 0 fully saturated rings. The van der Waals surface area contributed by atoms with Crippen molar-refractivity contribution in [3.8, 4) is 5.75 Å². The molecule has 2 aromatic carbocycles. The second-order valence-corrected chi connectivity index (χ2v) is 7.03. The van der Waals surface area contributed by atoms with Gasteiger partial charge in [-0.2, -0.15) is 0 Å². The van der Waals surface area contributed by atoms with Crippen LogP contribution >= 0.6 is 23.2 Å². The summed E-state index contributed by atoms with van der Waals surface area (Å²) in [5.41, 5.74) is 1.42. The smallest absolute Gasteiger partial charge is 0.370 e. The van der Waals surface area contributed by atoms with E-state index in [4.69, 9.17) is 32.8 Å². The number of rotatable bonds is 4. The monoisotopic (exact) mass is 430 g/mol. The first-order valence-corrected chi connectivity index (χ1v) is 9.19. The van der Waals surface area contributed by atoms with Crippen LogP contribution in [0.2, 0.25) is 10.0 Å². The predicted molar refractivity (Wildman–Crippen MR) is 105 cm³/mol. The number of amides is 2. The summed E-state index contributed by atoms with van der Waals surface area (Å²) >= 11 is 12.4. The highest BCUT2D eigenvalue weighted by Gasteiger charge is 2.38.